The Hall–Kier alpha value is -4.45. The van der Waals surface area contributed by atoms with Gasteiger partial charge in [-0.2, -0.15) is 5.26 Å². The molecule has 0 bridgehead atoms. The van der Waals surface area contributed by atoms with Crippen molar-refractivity contribution >= 4 is 28.7 Å². The highest BCUT2D eigenvalue weighted by Crippen LogP contribution is 2.35. The molecule has 0 unspecified atom stereocenters. The molecule has 0 saturated carbocycles. The molecular formula is C22H20N6O3. The molecule has 2 aromatic heterocycles. The van der Waals surface area contributed by atoms with Gasteiger partial charge in [-0.15, -0.1) is 0 Å². The molecule has 0 aliphatic carbocycles. The largest absolute Gasteiger partial charge is 0.493 e. The fourth-order valence-corrected chi connectivity index (χ4v) is 3.28. The number of ether oxygens (including phenoxy) is 2. The first-order chi connectivity index (χ1) is 15.0. The Bertz CT molecular complexity index is 1300. The Labute approximate surface area is 178 Å². The Morgan fingerprint density at radius 3 is 2.45 bits per heavy atom. The van der Waals surface area contributed by atoms with Gasteiger partial charge in [-0.3, -0.25) is 9.89 Å². The molecule has 0 saturated heterocycles. The van der Waals surface area contributed by atoms with Crippen molar-refractivity contribution in [1.29, 1.82) is 5.26 Å². The van der Waals surface area contributed by atoms with Crippen LogP contribution in [0.3, 0.4) is 0 Å². The summed E-state index contributed by atoms with van der Waals surface area (Å²) in [6, 6.07) is 14.9. The Morgan fingerprint density at radius 2 is 1.81 bits per heavy atom. The van der Waals surface area contributed by atoms with E-state index in [0.29, 0.717) is 39.9 Å². The molecule has 0 spiro atoms. The van der Waals surface area contributed by atoms with Crippen LogP contribution in [-0.2, 0) is 4.79 Å². The zero-order valence-corrected chi connectivity index (χ0v) is 17.2. The fraction of sp³-hybridized carbons (Fsp3) is 0.136. The van der Waals surface area contributed by atoms with E-state index in [9.17, 15) is 10.1 Å². The minimum atomic E-state index is -0.141. The molecule has 0 radical (unpaired) electrons. The standard InChI is InChI=1S/C22H20N6O3/c1-13(29)25-16-6-4-14(5-7-16)20-22(28-21(27-20)15(11-23)12-24-28)26-17-8-9-18(30-2)19(10-17)31-3/h4-10,12,24,26H,1-3H3,(H,25,29). The number of hydrogen-bond acceptors (Lipinski definition) is 6. The Morgan fingerprint density at radius 1 is 1.10 bits per heavy atom. The predicted octanol–water partition coefficient (Wildman–Crippen LogP) is 3.92. The fourth-order valence-electron chi connectivity index (χ4n) is 3.28. The van der Waals surface area contributed by atoms with Crippen molar-refractivity contribution in [3.05, 3.63) is 54.2 Å². The van der Waals surface area contributed by atoms with Crippen molar-refractivity contribution in [3.8, 4) is 28.8 Å². The first-order valence-electron chi connectivity index (χ1n) is 9.41. The quantitative estimate of drug-likeness (QED) is 0.439. The normalized spacial score (nSPS) is 10.5. The lowest BCUT2D eigenvalue weighted by Crippen LogP contribution is -2.05. The van der Waals surface area contributed by atoms with Crippen molar-refractivity contribution in [1.82, 2.24) is 14.6 Å². The van der Waals surface area contributed by atoms with Crippen LogP contribution in [0.25, 0.3) is 16.9 Å². The molecule has 9 heteroatoms. The average molecular weight is 416 g/mol. The number of nitriles is 1. The van der Waals surface area contributed by atoms with Gasteiger partial charge >= 0.3 is 0 Å². The molecule has 0 atom stereocenters. The molecule has 2 aromatic carbocycles. The van der Waals surface area contributed by atoms with Crippen molar-refractivity contribution in [3.63, 3.8) is 0 Å². The second-order valence-electron chi connectivity index (χ2n) is 6.72. The highest BCUT2D eigenvalue weighted by Gasteiger charge is 2.19. The maximum absolute atomic E-state index is 11.3. The summed E-state index contributed by atoms with van der Waals surface area (Å²) in [5.41, 5.74) is 3.84. The topological polar surface area (TPSA) is 116 Å². The van der Waals surface area contributed by atoms with E-state index in [4.69, 9.17) is 9.47 Å². The van der Waals surface area contributed by atoms with Crippen LogP contribution in [0.1, 0.15) is 12.5 Å². The zero-order valence-electron chi connectivity index (χ0n) is 17.2. The van der Waals surface area contributed by atoms with Crippen molar-refractivity contribution in [2.75, 3.05) is 24.9 Å². The number of nitrogens with one attached hydrogen (secondary N) is 3. The number of rotatable bonds is 6. The third kappa shape index (κ3) is 3.74. The number of benzene rings is 2. The number of H-pyrrole nitrogens is 1. The molecule has 0 fully saturated rings. The van der Waals surface area contributed by atoms with Gasteiger partial charge < -0.3 is 20.1 Å². The summed E-state index contributed by atoms with van der Waals surface area (Å²) in [5, 5.41) is 18.6. The molecule has 9 nitrogen and oxygen atoms in total. The molecule has 0 aliphatic rings. The van der Waals surface area contributed by atoms with Gasteiger partial charge in [0.1, 0.15) is 17.3 Å². The summed E-state index contributed by atoms with van der Waals surface area (Å²) in [5.74, 6) is 1.71. The van der Waals surface area contributed by atoms with E-state index in [-0.39, 0.29) is 5.91 Å². The van der Waals surface area contributed by atoms with Crippen LogP contribution in [0.15, 0.2) is 48.7 Å². The van der Waals surface area contributed by atoms with Gasteiger partial charge in [0, 0.05) is 36.1 Å². The number of anilines is 3. The van der Waals surface area contributed by atoms with E-state index in [1.165, 1.54) is 6.92 Å². The first-order valence-corrected chi connectivity index (χ1v) is 9.41. The molecule has 0 aliphatic heterocycles. The predicted molar refractivity (Wildman–Crippen MR) is 117 cm³/mol. The summed E-state index contributed by atoms with van der Waals surface area (Å²) < 4.78 is 12.4. The Kier molecular flexibility index (Phi) is 5.20. The number of carbonyl (C=O) groups is 1. The zero-order chi connectivity index (χ0) is 22.0. The van der Waals surface area contributed by atoms with Crippen molar-refractivity contribution < 1.29 is 14.3 Å². The van der Waals surface area contributed by atoms with Crippen LogP contribution < -0.4 is 20.1 Å². The molecular weight excluding hydrogens is 396 g/mol. The van der Waals surface area contributed by atoms with Crippen LogP contribution in [0.5, 0.6) is 11.5 Å². The monoisotopic (exact) mass is 416 g/mol. The number of hydrogen-bond donors (Lipinski definition) is 3. The van der Waals surface area contributed by atoms with Gasteiger partial charge in [-0.05, 0) is 24.3 Å². The SMILES string of the molecule is COc1ccc(Nc2c(-c3ccc(NC(C)=O)cc3)nc3c(C#N)c[nH]n23)cc1OC. The lowest BCUT2D eigenvalue weighted by Gasteiger charge is -2.12. The maximum atomic E-state index is 11.3. The lowest BCUT2D eigenvalue weighted by molar-refractivity contribution is -0.114. The molecule has 4 aromatic rings. The van der Waals surface area contributed by atoms with Gasteiger partial charge in [0.15, 0.2) is 23.0 Å². The van der Waals surface area contributed by atoms with E-state index in [2.05, 4.69) is 26.8 Å². The van der Waals surface area contributed by atoms with Crippen LogP contribution in [0.4, 0.5) is 17.2 Å². The second kappa shape index (κ2) is 8.12. The van der Waals surface area contributed by atoms with Crippen LogP contribution >= 0.6 is 0 Å². The summed E-state index contributed by atoms with van der Waals surface area (Å²) in [7, 11) is 3.15. The first kappa shape index (κ1) is 19.8. The summed E-state index contributed by atoms with van der Waals surface area (Å²) in [6.07, 6.45) is 1.60. The van der Waals surface area contributed by atoms with Gasteiger partial charge in [0.2, 0.25) is 5.91 Å². The molecule has 31 heavy (non-hydrogen) atoms. The van der Waals surface area contributed by atoms with E-state index in [1.807, 2.05) is 24.3 Å². The van der Waals surface area contributed by atoms with E-state index < -0.39 is 0 Å². The van der Waals surface area contributed by atoms with Crippen LogP contribution in [0, 0.1) is 11.3 Å². The number of carbonyl (C=O) groups excluding carboxylic acids is 1. The smallest absolute Gasteiger partial charge is 0.221 e. The summed E-state index contributed by atoms with van der Waals surface area (Å²) in [6.45, 7) is 1.46. The Balaban J connectivity index is 1.79. The third-order valence-corrected chi connectivity index (χ3v) is 4.70. The van der Waals surface area contributed by atoms with E-state index in [1.54, 1.807) is 43.1 Å². The van der Waals surface area contributed by atoms with Gasteiger partial charge in [0.25, 0.3) is 0 Å². The van der Waals surface area contributed by atoms with Crippen molar-refractivity contribution in [2.24, 2.45) is 0 Å². The van der Waals surface area contributed by atoms with E-state index >= 15 is 0 Å². The number of fused-ring (bicyclic) bond motifs is 1. The molecule has 3 N–H and O–H groups in total. The number of aromatic amines is 1. The lowest BCUT2D eigenvalue weighted by atomic mass is 10.1. The molecule has 156 valence electrons. The van der Waals surface area contributed by atoms with Gasteiger partial charge in [-0.1, -0.05) is 12.1 Å². The maximum Gasteiger partial charge on any atom is 0.221 e. The number of imidazole rings is 1. The minimum absolute atomic E-state index is 0.141. The second-order valence-corrected chi connectivity index (χ2v) is 6.72. The number of aromatic nitrogens is 3. The third-order valence-electron chi connectivity index (χ3n) is 4.70. The molecule has 4 rings (SSSR count). The minimum Gasteiger partial charge on any atom is -0.493 e. The van der Waals surface area contributed by atoms with Gasteiger partial charge in [-0.25, -0.2) is 9.50 Å². The van der Waals surface area contributed by atoms with Crippen molar-refractivity contribution in [2.45, 2.75) is 6.92 Å². The molecule has 2 heterocycles. The van der Waals surface area contributed by atoms with E-state index in [0.717, 1.165) is 11.3 Å². The average Bonchev–Trinajstić information content (AvgIpc) is 3.33. The van der Waals surface area contributed by atoms with Gasteiger partial charge in [0.05, 0.1) is 14.2 Å². The number of methoxy groups -OCH3 is 2. The van der Waals surface area contributed by atoms with Crippen LogP contribution in [-0.4, -0.2) is 34.7 Å². The number of nitrogens with zero attached hydrogens (tertiary/aromatic N) is 3. The summed E-state index contributed by atoms with van der Waals surface area (Å²) in [4.78, 5) is 16.0. The summed E-state index contributed by atoms with van der Waals surface area (Å²) >= 11 is 0. The highest BCUT2D eigenvalue weighted by molar-refractivity contribution is 5.89. The number of amides is 1. The molecule has 1 amide bonds. The van der Waals surface area contributed by atoms with Crippen LogP contribution in [0.2, 0.25) is 0 Å². The highest BCUT2D eigenvalue weighted by atomic mass is 16.5.